The van der Waals surface area contributed by atoms with Gasteiger partial charge in [-0.15, -0.1) is 0 Å². The molecule has 22 heteroatoms. The summed E-state index contributed by atoms with van der Waals surface area (Å²) < 4.78 is 44.5. The maximum Gasteiger partial charge on any atom is 0.407 e. The van der Waals surface area contributed by atoms with E-state index in [0.717, 1.165) is 64.4 Å². The van der Waals surface area contributed by atoms with Crippen LogP contribution in [-0.4, -0.2) is 153 Å². The first-order chi connectivity index (χ1) is 50.2. The number of carbonyl (C=O) groups excluding carboxylic acids is 8. The number of carbonyl (C=O) groups is 8. The first-order valence-corrected chi connectivity index (χ1v) is 37.8. The number of rotatable bonds is 19. The van der Waals surface area contributed by atoms with Gasteiger partial charge in [-0.25, -0.2) is 19.2 Å². The van der Waals surface area contributed by atoms with Crippen molar-refractivity contribution < 1.29 is 91.9 Å². The maximum atomic E-state index is 16.8. The minimum Gasteiger partial charge on any atom is -0.456 e. The molecule has 2 bridgehead atoms. The van der Waals surface area contributed by atoms with E-state index in [9.17, 15) is 44.4 Å². The predicted octanol–water partition coefficient (Wildman–Crippen LogP) is 11.3. The molecule has 8 aliphatic carbocycles. The minimum absolute atomic E-state index is 0.00651. The van der Waals surface area contributed by atoms with Crippen molar-refractivity contribution in [1.82, 2.24) is 16.0 Å². The number of nitrogens with one attached hydrogen (secondary N) is 3. The normalized spacial score (nSPS) is 35.8. The second-order valence-corrected chi connectivity index (χ2v) is 33.1. The Morgan fingerprint density at radius 1 is 0.755 bits per heavy atom. The van der Waals surface area contributed by atoms with Crippen molar-refractivity contribution in [2.45, 2.75) is 243 Å². The Bertz CT molecular complexity index is 4000. The van der Waals surface area contributed by atoms with Gasteiger partial charge in [-0.05, 0) is 172 Å². The summed E-state index contributed by atoms with van der Waals surface area (Å²) in [4.78, 5) is 117. The van der Waals surface area contributed by atoms with Crippen LogP contribution in [0.5, 0.6) is 0 Å². The van der Waals surface area contributed by atoms with Crippen LogP contribution in [0.25, 0.3) is 0 Å². The Morgan fingerprint density at radius 2 is 1.42 bits per heavy atom. The summed E-state index contributed by atoms with van der Waals surface area (Å²) >= 11 is 0. The third-order valence-corrected chi connectivity index (χ3v) is 25.5. The summed E-state index contributed by atoms with van der Waals surface area (Å²) in [5.41, 5.74) is -6.21. The second kappa shape index (κ2) is 30.4. The van der Waals surface area contributed by atoms with Crippen molar-refractivity contribution in [3.63, 3.8) is 0 Å². The molecule has 21 atom stereocenters. The number of amides is 3. The highest BCUT2D eigenvalue weighted by molar-refractivity contribution is 5.97. The van der Waals surface area contributed by atoms with E-state index < -0.39 is 155 Å². The molecule has 0 aromatic heterocycles. The lowest BCUT2D eigenvalue weighted by molar-refractivity contribution is -0.345. The van der Waals surface area contributed by atoms with Gasteiger partial charge >= 0.3 is 36.1 Å². The molecule has 0 radical (unpaired) electrons. The summed E-state index contributed by atoms with van der Waals surface area (Å²) in [6.07, 6.45) is 2.44. The molecule has 3 aromatic rings. The highest BCUT2D eigenvalue weighted by Crippen LogP contribution is 2.66. The predicted molar refractivity (Wildman–Crippen MR) is 389 cm³/mol. The zero-order valence-corrected chi connectivity index (χ0v) is 62.5. The van der Waals surface area contributed by atoms with Crippen LogP contribution in [0.2, 0.25) is 0 Å². The molecule has 106 heavy (non-hydrogen) atoms. The fraction of sp³-hybridized carbons (Fsp3) is 0.571. The van der Waals surface area contributed by atoms with E-state index in [4.69, 9.17) is 33.2 Å². The molecule has 3 aromatic carbocycles. The van der Waals surface area contributed by atoms with Gasteiger partial charge in [0, 0.05) is 62.1 Å². The molecule has 9 aliphatic rings. The molecule has 17 unspecified atom stereocenters. The molecule has 22 nitrogen and oxygen atoms in total. The van der Waals surface area contributed by atoms with Crippen molar-refractivity contribution in [2.24, 2.45) is 51.8 Å². The third kappa shape index (κ3) is 15.1. The van der Waals surface area contributed by atoms with Crippen LogP contribution in [0.15, 0.2) is 150 Å². The monoisotopic (exact) mass is 1460 g/mol. The number of aliphatic hydroxyl groups is 4. The minimum atomic E-state index is -2.56. The van der Waals surface area contributed by atoms with Gasteiger partial charge in [-0.3, -0.25) is 19.2 Å². The summed E-state index contributed by atoms with van der Waals surface area (Å²) in [5, 5.41) is 57.4. The number of allylic oxidation sites excluding steroid dienone is 4. The van der Waals surface area contributed by atoms with Crippen LogP contribution in [-0.2, 0) is 52.3 Å². The van der Waals surface area contributed by atoms with E-state index in [1.807, 2.05) is 19.1 Å². The molecule has 0 spiro atoms. The second-order valence-electron chi connectivity index (χ2n) is 33.1. The smallest absolute Gasteiger partial charge is 0.407 e. The Morgan fingerprint density at radius 3 is 2.07 bits per heavy atom. The number of ketones is 1. The first-order valence-electron chi connectivity index (χ1n) is 37.8. The van der Waals surface area contributed by atoms with Gasteiger partial charge in [0.1, 0.15) is 36.1 Å². The highest BCUT2D eigenvalue weighted by atomic mass is 16.6. The van der Waals surface area contributed by atoms with E-state index in [-0.39, 0.29) is 59.0 Å². The van der Waals surface area contributed by atoms with Gasteiger partial charge in [-0.1, -0.05) is 138 Å². The average molecular weight is 1460 g/mol. The van der Waals surface area contributed by atoms with Crippen molar-refractivity contribution >= 4 is 47.8 Å². The molecular weight excluding hydrogens is 1350 g/mol. The van der Waals surface area contributed by atoms with Gasteiger partial charge in [-0.2, -0.15) is 0 Å². The van der Waals surface area contributed by atoms with Crippen LogP contribution in [0.3, 0.4) is 0 Å². The molecule has 1 heterocycles. The average Bonchev–Trinajstić information content (AvgIpc) is 0.710. The number of Topliss-reactive ketones (excluding diaryl/α,β-unsaturated/α-hetero) is 1. The fourth-order valence-corrected chi connectivity index (χ4v) is 20.0. The van der Waals surface area contributed by atoms with Gasteiger partial charge < -0.3 is 69.5 Å². The quantitative estimate of drug-likeness (QED) is 0.0333. The van der Waals surface area contributed by atoms with E-state index in [1.165, 1.54) is 31.6 Å². The van der Waals surface area contributed by atoms with E-state index >= 15 is 14.4 Å². The van der Waals surface area contributed by atoms with E-state index in [2.05, 4.69) is 48.5 Å². The molecule has 7 N–H and O–H groups in total. The zero-order valence-electron chi connectivity index (χ0n) is 62.5. The number of hydrogen-bond donors (Lipinski definition) is 7. The van der Waals surface area contributed by atoms with Gasteiger partial charge in [0.2, 0.25) is 0 Å². The van der Waals surface area contributed by atoms with Crippen LogP contribution >= 0.6 is 0 Å². The summed E-state index contributed by atoms with van der Waals surface area (Å²) in [6, 6.07) is 22.2. The number of hydrogen-bond acceptors (Lipinski definition) is 19. The molecule has 12 rings (SSSR count). The van der Waals surface area contributed by atoms with Crippen LogP contribution in [0.4, 0.5) is 9.59 Å². The van der Waals surface area contributed by atoms with Crippen molar-refractivity contribution in [1.29, 1.82) is 0 Å². The Labute approximate surface area is 620 Å². The number of fused-ring (bicyclic) bond motifs is 6. The number of esters is 4. The summed E-state index contributed by atoms with van der Waals surface area (Å²) in [7, 11) is 0. The molecular formula is C84H105N3O19. The van der Waals surface area contributed by atoms with E-state index in [0.29, 0.717) is 54.1 Å². The molecule has 3 amide bonds. The molecule has 7 saturated carbocycles. The topological polar surface area (TPSA) is 318 Å². The summed E-state index contributed by atoms with van der Waals surface area (Å²) in [6.45, 7) is 20.6. The van der Waals surface area contributed by atoms with Crippen molar-refractivity contribution in [2.75, 3.05) is 6.61 Å². The number of alkyl carbamates (subject to hydrolysis) is 2. The van der Waals surface area contributed by atoms with E-state index in [1.54, 1.807) is 99.6 Å². The number of aliphatic hydroxyl groups excluding tert-OH is 3. The Hall–Kier alpha value is -8.28. The summed E-state index contributed by atoms with van der Waals surface area (Å²) in [5.74, 6) is -5.87. The van der Waals surface area contributed by atoms with Crippen LogP contribution < -0.4 is 16.0 Å². The molecule has 570 valence electrons. The third-order valence-electron chi connectivity index (χ3n) is 25.5. The number of ether oxygens (including phenoxy) is 7. The lowest BCUT2D eigenvalue weighted by Gasteiger charge is -2.67. The Balaban J connectivity index is 0.810. The zero-order chi connectivity index (χ0) is 76.2. The van der Waals surface area contributed by atoms with Crippen molar-refractivity contribution in [3.8, 4) is 0 Å². The maximum absolute atomic E-state index is 16.8. The lowest BCUT2D eigenvalue weighted by atomic mass is 9.44. The van der Waals surface area contributed by atoms with Crippen LogP contribution in [0, 0.1) is 51.8 Å². The lowest BCUT2D eigenvalue weighted by Crippen LogP contribution is -2.82. The first kappa shape index (κ1) is 77.3. The molecule has 1 aliphatic heterocycles. The van der Waals surface area contributed by atoms with Crippen LogP contribution in [0.1, 0.15) is 191 Å². The van der Waals surface area contributed by atoms with Gasteiger partial charge in [0.15, 0.2) is 23.6 Å². The fourth-order valence-electron chi connectivity index (χ4n) is 20.0. The largest absolute Gasteiger partial charge is 0.456 e. The van der Waals surface area contributed by atoms with Gasteiger partial charge in [0.05, 0.1) is 41.8 Å². The molecule has 8 fully saturated rings. The molecule has 1 saturated heterocycles. The van der Waals surface area contributed by atoms with Gasteiger partial charge in [0.25, 0.3) is 5.91 Å². The SMILES string of the molecule is C=C1/C(=C\C=C2/CCC[C@@]3(C)C2CCC3[C@@H](C)/C=C/C(O)C2CC2)C[C@@H](OC(=O)NC2CC(C)CC(C)(NC(=O)OC3CC4OCC4(OC(C)=O)C4C(OC(=O)c5ccccc5)C5(O)CC(OC(=O)C(O)C(NC(=O)c6ccccc6)c6ccccc6)C(C)=C(C(OC(C)=O)C(=O)C34C)C5(C)C)C2)C[C@@H]1O. The van der Waals surface area contributed by atoms with Crippen molar-refractivity contribution in [3.05, 3.63) is 166 Å². The standard InChI is InChI=1S/C84H105N3O19/c1-46-38-58(85-77(97)102-59-39-57(48(3)63(91)40-59)33-30-52-28-21-37-81(10)60(34-35-61(52)81)47(2)29-36-62(90)53-31-32-53)43-80(9,42-46)87-78(98)104-65-41-66-83(45-100-66,106-51(6)89)71-73(105-75(95)56-26-19-14-20-27-56)84(99)44-64(49(4)67(79(84,7)8)70(101-50(5)88)72(93)82(65,71)11)103-76(96)69(92)68(54-22-15-12-16-23-54)86-74(94)55-24-17-13-18-25-55/h12-20,22-27,29-30,33,36,46-47,53,58-66,68-71,73,90-92,99H,3,21,28,31-32,34-35,37-45H2,1-2,4-11H3,(H,85,97)(H,86,94)(H,87,98)/b36-29+,52-30+,57-33-/t46?,47-,58?,59+,60?,61?,62?,63-,64?,65?,66?,68?,69?,70?,71?,73?,80?,81+,82?,83?,84?/m0/s1. The highest BCUT2D eigenvalue weighted by Gasteiger charge is 2.79. The Kier molecular flexibility index (Phi) is 22.2. The number of benzene rings is 3.